The number of allylic oxidation sites excluding steroid dienone is 3. The fraction of sp³-hybridized carbons (Fsp3) is 0.143. The van der Waals surface area contributed by atoms with Gasteiger partial charge in [-0.15, -0.1) is 11.3 Å². The van der Waals surface area contributed by atoms with Crippen molar-refractivity contribution in [2.24, 2.45) is 11.8 Å². The molecule has 252 valence electrons. The van der Waals surface area contributed by atoms with Crippen LogP contribution in [0, 0.1) is 11.8 Å². The molecule has 2 atom stereocenters. The van der Waals surface area contributed by atoms with Gasteiger partial charge in [-0.05, 0) is 92.8 Å². The normalized spacial score (nSPS) is 17.9. The number of aromatic nitrogens is 3. The van der Waals surface area contributed by atoms with Gasteiger partial charge in [0.05, 0.1) is 10.9 Å². The quantitative estimate of drug-likeness (QED) is 0.168. The molecule has 3 nitrogen and oxygen atoms in total. The van der Waals surface area contributed by atoms with Gasteiger partial charge in [0.2, 0.25) is 0 Å². The number of nitrogens with zero attached hydrogens (tertiary/aromatic N) is 3. The zero-order valence-electron chi connectivity index (χ0n) is 29.4. The van der Waals surface area contributed by atoms with Crippen LogP contribution in [0.5, 0.6) is 0 Å². The van der Waals surface area contributed by atoms with Crippen molar-refractivity contribution in [3.05, 3.63) is 143 Å². The first-order valence-electron chi connectivity index (χ1n) is 19.0. The van der Waals surface area contributed by atoms with Crippen molar-refractivity contribution in [1.82, 2.24) is 14.5 Å². The first-order chi connectivity index (χ1) is 26.2. The Kier molecular flexibility index (Phi) is 6.21. The molecule has 2 unspecified atom stereocenters. The highest BCUT2D eigenvalue weighted by atomic mass is 32.1. The van der Waals surface area contributed by atoms with Crippen molar-refractivity contribution in [2.45, 2.75) is 32.6 Å². The predicted molar refractivity (Wildman–Crippen MR) is 225 cm³/mol. The zero-order valence-corrected chi connectivity index (χ0v) is 30.3. The summed E-state index contributed by atoms with van der Waals surface area (Å²) in [7, 11) is 0. The summed E-state index contributed by atoms with van der Waals surface area (Å²) in [5.41, 5.74) is 8.46. The molecule has 3 aliphatic rings. The van der Waals surface area contributed by atoms with Gasteiger partial charge in [-0.1, -0.05) is 128 Å². The number of hydrogen-bond acceptors (Lipinski definition) is 3. The highest BCUT2D eigenvalue weighted by molar-refractivity contribution is 7.25. The van der Waals surface area contributed by atoms with E-state index < -0.39 is 0 Å². The highest BCUT2D eigenvalue weighted by Gasteiger charge is 2.29. The van der Waals surface area contributed by atoms with E-state index in [0.717, 1.165) is 52.1 Å². The Balaban J connectivity index is 1.30. The number of fused-ring (bicyclic) bond motifs is 15. The molecule has 0 saturated heterocycles. The van der Waals surface area contributed by atoms with Crippen LogP contribution in [0.1, 0.15) is 37.3 Å². The molecule has 12 rings (SSSR count). The van der Waals surface area contributed by atoms with Gasteiger partial charge in [0.25, 0.3) is 0 Å². The Morgan fingerprint density at radius 1 is 0.717 bits per heavy atom. The number of rotatable bonds is 2. The van der Waals surface area contributed by atoms with Crippen LogP contribution in [0.15, 0.2) is 121 Å². The predicted octanol–water partition coefficient (Wildman–Crippen LogP) is 11.4. The molecule has 0 radical (unpaired) electrons. The van der Waals surface area contributed by atoms with Crippen LogP contribution in [0.3, 0.4) is 0 Å². The maximum Gasteiger partial charge on any atom is 0.166 e. The van der Waals surface area contributed by atoms with Crippen LogP contribution in [0.2, 0.25) is 0 Å². The molecule has 0 aliphatic heterocycles. The van der Waals surface area contributed by atoms with Gasteiger partial charge in [0, 0.05) is 32.2 Å². The van der Waals surface area contributed by atoms with Crippen LogP contribution in [-0.2, 0) is 6.42 Å². The summed E-state index contributed by atoms with van der Waals surface area (Å²) in [6.07, 6.45) is 16.6. The smallest absolute Gasteiger partial charge is 0.166 e. The van der Waals surface area contributed by atoms with Crippen molar-refractivity contribution in [1.29, 1.82) is 0 Å². The lowest BCUT2D eigenvalue weighted by Gasteiger charge is -2.28. The average molecular weight is 698 g/mol. The summed E-state index contributed by atoms with van der Waals surface area (Å²) >= 11 is 1.75. The molecule has 6 aromatic carbocycles. The Bertz CT molecular complexity index is 3220. The monoisotopic (exact) mass is 697 g/mol. The van der Waals surface area contributed by atoms with E-state index in [1.807, 2.05) is 0 Å². The second-order valence-corrected chi connectivity index (χ2v) is 16.2. The molecule has 3 heterocycles. The van der Waals surface area contributed by atoms with Crippen LogP contribution < -0.4 is 10.6 Å². The minimum atomic E-state index is 0.430. The Morgan fingerprint density at radius 3 is 2.28 bits per heavy atom. The van der Waals surface area contributed by atoms with E-state index in [4.69, 9.17) is 9.97 Å². The summed E-state index contributed by atoms with van der Waals surface area (Å²) < 4.78 is 3.73. The third kappa shape index (κ3) is 4.16. The van der Waals surface area contributed by atoms with Crippen molar-refractivity contribution >= 4 is 93.2 Å². The number of thiophene rings is 1. The molecule has 0 N–H and O–H groups in total. The van der Waals surface area contributed by atoms with Crippen LogP contribution >= 0.6 is 11.3 Å². The van der Waals surface area contributed by atoms with Crippen LogP contribution in [0.25, 0.3) is 99.0 Å². The van der Waals surface area contributed by atoms with Gasteiger partial charge in [-0.25, -0.2) is 9.97 Å². The van der Waals surface area contributed by atoms with Crippen molar-refractivity contribution in [3.8, 4) is 17.1 Å². The first kappa shape index (κ1) is 29.7. The molecule has 0 bridgehead atoms. The summed E-state index contributed by atoms with van der Waals surface area (Å²) in [6.45, 7) is 2.42. The molecule has 53 heavy (non-hydrogen) atoms. The number of aryl methyl sites for hydroxylation is 1. The van der Waals surface area contributed by atoms with Crippen molar-refractivity contribution < 1.29 is 0 Å². The second kappa shape index (κ2) is 11.1. The van der Waals surface area contributed by atoms with E-state index in [-0.39, 0.29) is 0 Å². The standard InChI is InChI=1S/C49H35N3S/c1-28-12-10-14-30-26-42-41(27-40(28)30)37-25-24-29-13-2-3-15-31(29)47(37)52(42)48-45(50-46-38-20-8-9-23-43(38)53-49(46)51-48)39-22-11-21-36-34-17-5-4-16-32(34)33-18-6-7-19-35(33)44(36)39/h2,4-9,11,13-14,16-28,40H,3,10,12,15H2,1H3. The van der Waals surface area contributed by atoms with Crippen LogP contribution in [-0.4, -0.2) is 14.5 Å². The average Bonchev–Trinajstić information content (AvgIpc) is 3.74. The summed E-state index contributed by atoms with van der Waals surface area (Å²) in [6, 6.07) is 37.9. The van der Waals surface area contributed by atoms with Crippen molar-refractivity contribution in [3.63, 3.8) is 0 Å². The molecule has 0 saturated carbocycles. The topological polar surface area (TPSA) is 30.7 Å². The van der Waals surface area contributed by atoms with Crippen molar-refractivity contribution in [2.75, 3.05) is 0 Å². The molecule has 3 aliphatic carbocycles. The van der Waals surface area contributed by atoms with Gasteiger partial charge < -0.3 is 0 Å². The van der Waals surface area contributed by atoms with E-state index in [2.05, 4.69) is 145 Å². The Morgan fingerprint density at radius 2 is 1.45 bits per heavy atom. The third-order valence-electron chi connectivity index (χ3n) is 12.3. The SMILES string of the molecule is CC1CCC=C2C=c3c(c4ccc5c(c4n3-c3nc4sc6ccccc6c4nc3-c3cccc4c6ccccc6c6ccccc6c34)CCC=C5)=CC21. The Hall–Kier alpha value is -5.84. The fourth-order valence-electron chi connectivity index (χ4n) is 9.81. The van der Waals surface area contributed by atoms with E-state index in [1.165, 1.54) is 81.6 Å². The molecular formula is C49H35N3S. The van der Waals surface area contributed by atoms with E-state index in [1.54, 1.807) is 11.3 Å². The van der Waals surface area contributed by atoms with Gasteiger partial charge in [0.15, 0.2) is 5.82 Å². The molecule has 0 spiro atoms. The third-order valence-corrected chi connectivity index (χ3v) is 13.3. The molecule has 3 aromatic heterocycles. The minimum absolute atomic E-state index is 0.430. The number of hydrogen-bond donors (Lipinski definition) is 0. The fourth-order valence-corrected chi connectivity index (χ4v) is 10.8. The first-order valence-corrected chi connectivity index (χ1v) is 19.8. The van der Waals surface area contributed by atoms with E-state index in [9.17, 15) is 0 Å². The van der Waals surface area contributed by atoms with Gasteiger partial charge in [-0.3, -0.25) is 4.57 Å². The second-order valence-electron chi connectivity index (χ2n) is 15.2. The largest absolute Gasteiger partial charge is 0.292 e. The minimum Gasteiger partial charge on any atom is -0.292 e. The Labute approximate surface area is 310 Å². The lowest BCUT2D eigenvalue weighted by Crippen LogP contribution is -2.35. The molecule has 0 fully saturated rings. The lowest BCUT2D eigenvalue weighted by molar-refractivity contribution is 0.451. The summed E-state index contributed by atoms with van der Waals surface area (Å²) in [5, 5.41) is 12.6. The molecular weight excluding hydrogens is 663 g/mol. The zero-order chi connectivity index (χ0) is 34.8. The van der Waals surface area contributed by atoms with E-state index in [0.29, 0.717) is 11.8 Å². The van der Waals surface area contributed by atoms with Gasteiger partial charge in [0.1, 0.15) is 16.0 Å². The van der Waals surface area contributed by atoms with Gasteiger partial charge in [-0.2, -0.15) is 0 Å². The van der Waals surface area contributed by atoms with Crippen LogP contribution in [0.4, 0.5) is 0 Å². The van der Waals surface area contributed by atoms with E-state index >= 15 is 0 Å². The van der Waals surface area contributed by atoms with Gasteiger partial charge >= 0.3 is 0 Å². The maximum atomic E-state index is 5.76. The summed E-state index contributed by atoms with van der Waals surface area (Å²) in [5.74, 6) is 1.96. The molecule has 0 amide bonds. The molecule has 4 heteroatoms. The lowest BCUT2D eigenvalue weighted by atomic mass is 9.77. The maximum absolute atomic E-state index is 5.76. The summed E-state index contributed by atoms with van der Waals surface area (Å²) in [4.78, 5) is 12.5. The molecule has 9 aromatic rings. The number of benzene rings is 6. The highest BCUT2D eigenvalue weighted by Crippen LogP contribution is 2.43.